The Morgan fingerprint density at radius 1 is 0.673 bits per heavy atom. The van der Waals surface area contributed by atoms with Gasteiger partial charge in [0.05, 0.1) is 0 Å². The molecule has 266 valence electrons. The summed E-state index contributed by atoms with van der Waals surface area (Å²) in [5.74, 6) is -0.523. The molecule has 52 heavy (non-hydrogen) atoms. The third kappa shape index (κ3) is 6.27. The van der Waals surface area contributed by atoms with Crippen LogP contribution in [0.25, 0.3) is 22.3 Å². The zero-order chi connectivity index (χ0) is 35.5. The van der Waals surface area contributed by atoms with Crippen LogP contribution in [0.15, 0.2) is 106 Å². The summed E-state index contributed by atoms with van der Waals surface area (Å²) in [6.07, 6.45) is 10.6. The minimum atomic E-state index is -3.25. The van der Waals surface area contributed by atoms with Crippen molar-refractivity contribution in [3.63, 3.8) is 0 Å². The number of hydrogen-bond donors (Lipinski definition) is 0. The van der Waals surface area contributed by atoms with E-state index in [0.717, 1.165) is 20.8 Å². The van der Waals surface area contributed by atoms with Gasteiger partial charge in [0, 0.05) is 0 Å². The summed E-state index contributed by atoms with van der Waals surface area (Å²) in [5.41, 5.74) is 16.5. The average Bonchev–Trinajstić information content (AvgIpc) is 3.75. The molecule has 0 radical (unpaired) electrons. The van der Waals surface area contributed by atoms with Crippen LogP contribution >= 0.6 is 0 Å². The van der Waals surface area contributed by atoms with Crippen molar-refractivity contribution in [2.75, 3.05) is 0 Å². The van der Waals surface area contributed by atoms with Crippen molar-refractivity contribution in [1.82, 2.24) is 0 Å². The summed E-state index contributed by atoms with van der Waals surface area (Å²) in [6.45, 7) is 20.6. The summed E-state index contributed by atoms with van der Waals surface area (Å²) in [7, 11) is 0. The molecule has 0 aliphatic heterocycles. The van der Waals surface area contributed by atoms with Gasteiger partial charge in [-0.1, -0.05) is 0 Å². The van der Waals surface area contributed by atoms with Gasteiger partial charge in [0.1, 0.15) is 0 Å². The molecule has 0 spiro atoms. The van der Waals surface area contributed by atoms with E-state index in [1.165, 1.54) is 76.6 Å². The van der Waals surface area contributed by atoms with Gasteiger partial charge in [0.15, 0.2) is 0 Å². The van der Waals surface area contributed by atoms with Crippen molar-refractivity contribution >= 4 is 14.4 Å². The van der Waals surface area contributed by atoms with Crippen molar-refractivity contribution in [3.05, 3.63) is 162 Å². The van der Waals surface area contributed by atoms with E-state index in [9.17, 15) is 0 Å². The third-order valence-corrected chi connectivity index (χ3v) is 19.8. The van der Waals surface area contributed by atoms with Gasteiger partial charge in [-0.3, -0.25) is 0 Å². The van der Waals surface area contributed by atoms with Gasteiger partial charge in [-0.2, -0.15) is 0 Å². The molecule has 0 nitrogen and oxygen atoms in total. The van der Waals surface area contributed by atoms with Crippen molar-refractivity contribution in [1.29, 1.82) is 0 Å². The van der Waals surface area contributed by atoms with Gasteiger partial charge >= 0.3 is 306 Å². The minimum absolute atomic E-state index is 0. The zero-order valence-corrected chi connectivity index (χ0v) is 35.5. The molecule has 4 aromatic carbocycles. The molecule has 0 saturated carbocycles. The van der Waals surface area contributed by atoms with Crippen molar-refractivity contribution in [3.8, 4) is 11.1 Å². The molecule has 0 aromatic heterocycles. The van der Waals surface area contributed by atoms with E-state index in [-0.39, 0.29) is 56.3 Å². The molecule has 0 fully saturated rings. The second-order valence-electron chi connectivity index (χ2n) is 17.1. The monoisotopic (exact) mass is 808 g/mol. The first-order valence-electron chi connectivity index (χ1n) is 18.0. The Hall–Kier alpha value is -2.97. The Balaban J connectivity index is 0.00000232. The molecule has 8 rings (SSSR count). The fourth-order valence-electron chi connectivity index (χ4n) is 9.26. The second-order valence-corrected chi connectivity index (χ2v) is 23.4. The summed E-state index contributed by atoms with van der Waals surface area (Å²) < 4.78 is 33.3. The molecule has 0 unspecified atom stereocenters. The standard InChI is InChI=1S/C25H25.C13H8F2.C9H13.2ClH.Zr/c1-14-12-24(3,4)22-8-16-7-17-9-23-19(15(2)13-25(23,5)6)11-21(17)20(16)10-18(14)22;14-12-5-1-3-10(8-12)7-11-4-2-6-13(15)9-11;1-9(2,3)8-6-4-5-7-8;;;/h7-13H,1-6H3;1-6,8-9H;6-7H,4H2,1-3H3;2*1H;/q;;;;;+2/p-2. The molecule has 4 aliphatic rings. The van der Waals surface area contributed by atoms with Crippen molar-refractivity contribution < 1.29 is 54.9 Å². The first-order chi connectivity index (χ1) is 23.5. The topological polar surface area (TPSA) is 0 Å². The van der Waals surface area contributed by atoms with Gasteiger partial charge in [-0.15, -0.1) is 0 Å². The van der Waals surface area contributed by atoms with Crippen LogP contribution in [0.3, 0.4) is 0 Å². The molecule has 0 atom stereocenters. The molecule has 0 bridgehead atoms. The van der Waals surface area contributed by atoms with Gasteiger partial charge in [-0.05, 0) is 0 Å². The number of halogens is 4. The maximum absolute atomic E-state index is 15.3. The first kappa shape index (κ1) is 38.7. The van der Waals surface area contributed by atoms with Crippen LogP contribution in [0.1, 0.15) is 117 Å². The van der Waals surface area contributed by atoms with E-state index in [2.05, 4.69) is 111 Å². The fourth-order valence-corrected chi connectivity index (χ4v) is 18.2. The molecule has 4 aliphatic carbocycles. The first-order valence-corrected chi connectivity index (χ1v) is 21.9. The zero-order valence-electron chi connectivity index (χ0n) is 31.5. The van der Waals surface area contributed by atoms with E-state index < -0.39 is 21.3 Å². The largest absolute Gasteiger partial charge is 1.00 e. The van der Waals surface area contributed by atoms with Crippen molar-refractivity contribution in [2.45, 2.75) is 83.2 Å². The van der Waals surface area contributed by atoms with Gasteiger partial charge < -0.3 is 24.8 Å². The van der Waals surface area contributed by atoms with E-state index in [0.29, 0.717) is 0 Å². The molecule has 0 heterocycles. The van der Waals surface area contributed by atoms with Crippen LogP contribution in [0, 0.1) is 17.0 Å². The summed E-state index contributed by atoms with van der Waals surface area (Å²) >= 11 is -3.25. The molecule has 0 saturated heterocycles. The van der Waals surface area contributed by atoms with Crippen molar-refractivity contribution in [2.24, 2.45) is 5.41 Å². The average molecular weight is 811 g/mol. The van der Waals surface area contributed by atoms with E-state index in [1.807, 2.05) is 24.3 Å². The predicted octanol–water partition coefficient (Wildman–Crippen LogP) is 6.58. The van der Waals surface area contributed by atoms with Crippen LogP contribution in [-0.4, -0.2) is 3.21 Å². The molecular formula is C47H46Cl2F2Zr. The quantitative estimate of drug-likeness (QED) is 0.219. The Labute approximate surface area is 328 Å². The summed E-state index contributed by atoms with van der Waals surface area (Å²) in [5, 5.41) is 0. The number of fused-ring (bicyclic) bond motifs is 5. The minimum Gasteiger partial charge on any atom is -1.00 e. The van der Waals surface area contributed by atoms with Crippen LogP contribution < -0.4 is 24.8 Å². The van der Waals surface area contributed by atoms with Crippen LogP contribution in [0.5, 0.6) is 0 Å². The number of allylic oxidation sites excluding steroid dienone is 8. The number of benzene rings is 4. The molecule has 0 N–H and O–H groups in total. The second kappa shape index (κ2) is 13.4. The van der Waals surface area contributed by atoms with Gasteiger partial charge in [0.25, 0.3) is 0 Å². The molecule has 5 heteroatoms. The SMILES string of the molecule is CC1=CC(C)(C)c2cc3c(cc21)-c1cc2c(cc1[CH]3[Zr+2]([C]1=CC(C(C)(C)C)=CC1)=[C](c1cccc(F)c1)c1cccc(F)c1)C(C)(C)C=C2C.[Cl-].[Cl-]. The van der Waals surface area contributed by atoms with Gasteiger partial charge in [-0.25, -0.2) is 0 Å². The Morgan fingerprint density at radius 3 is 1.54 bits per heavy atom. The molecule has 0 amide bonds. The smallest absolute Gasteiger partial charge is 1.00 e. The number of hydrogen-bond acceptors (Lipinski definition) is 0. The summed E-state index contributed by atoms with van der Waals surface area (Å²) in [6, 6.07) is 24.1. The van der Waals surface area contributed by atoms with Crippen LogP contribution in [0.4, 0.5) is 8.78 Å². The maximum Gasteiger partial charge on any atom is -1.00 e. The Bertz CT molecular complexity index is 2190. The normalized spacial score (nSPS) is 17.3. The van der Waals surface area contributed by atoms with Crippen LogP contribution in [-0.2, 0) is 32.1 Å². The fraction of sp³-hybridized carbons (Fsp3) is 0.298. The maximum atomic E-state index is 15.3. The summed E-state index contributed by atoms with van der Waals surface area (Å²) in [4.78, 5) is 0. The van der Waals surface area contributed by atoms with Crippen LogP contribution in [0.2, 0.25) is 0 Å². The van der Waals surface area contributed by atoms with E-state index >= 15 is 8.78 Å². The molecular weight excluding hydrogens is 765 g/mol. The third-order valence-electron chi connectivity index (χ3n) is 11.6. The number of rotatable bonds is 4. The predicted molar refractivity (Wildman–Crippen MR) is 203 cm³/mol. The van der Waals surface area contributed by atoms with E-state index in [1.54, 1.807) is 12.1 Å². The van der Waals surface area contributed by atoms with E-state index in [4.69, 9.17) is 0 Å². The van der Waals surface area contributed by atoms with Gasteiger partial charge in [0.2, 0.25) is 0 Å². The Morgan fingerprint density at radius 2 is 1.13 bits per heavy atom. The molecule has 4 aromatic rings. The Kier molecular flexibility index (Phi) is 9.99.